The third-order valence-corrected chi connectivity index (χ3v) is 3.34. The van der Waals surface area contributed by atoms with Gasteiger partial charge in [-0.25, -0.2) is 0 Å². The Bertz CT molecular complexity index is 578. The van der Waals surface area contributed by atoms with E-state index in [2.05, 4.69) is 38.7 Å². The third kappa shape index (κ3) is 0.913. The molecule has 0 spiro atoms. The molecule has 0 bridgehead atoms. The van der Waals surface area contributed by atoms with Crippen LogP contribution in [0.25, 0.3) is 10.9 Å². The monoisotopic (exact) mass is 212 g/mol. The number of aromatic nitrogens is 1. The zero-order valence-electron chi connectivity index (χ0n) is 8.83. The molecular formula is C12H12N4. The minimum Gasteiger partial charge on any atom is -0.383 e. The van der Waals surface area contributed by atoms with E-state index in [-0.39, 0.29) is 0 Å². The van der Waals surface area contributed by atoms with Crippen LogP contribution in [-0.2, 0) is 0 Å². The Hall–Kier alpha value is -1.97. The average molecular weight is 212 g/mol. The summed E-state index contributed by atoms with van der Waals surface area (Å²) in [5, 5.41) is 8.11. The van der Waals surface area contributed by atoms with Gasteiger partial charge >= 0.3 is 0 Å². The number of anilines is 3. The van der Waals surface area contributed by atoms with Gasteiger partial charge in [0.15, 0.2) is 0 Å². The number of nitrogens with zero attached hydrogens (tertiary/aromatic N) is 2. The fraction of sp³-hybridized carbons (Fsp3) is 0.250. The maximum absolute atomic E-state index is 4.49. The Balaban J connectivity index is 2.18. The van der Waals surface area contributed by atoms with Crippen molar-refractivity contribution in [2.75, 3.05) is 35.3 Å². The molecule has 0 aliphatic carbocycles. The minimum absolute atomic E-state index is 0.895. The van der Waals surface area contributed by atoms with Gasteiger partial charge in [0.2, 0.25) is 0 Å². The van der Waals surface area contributed by atoms with Gasteiger partial charge in [-0.2, -0.15) is 0 Å². The van der Waals surface area contributed by atoms with Crippen LogP contribution in [0.2, 0.25) is 0 Å². The SMILES string of the molecule is c1cc2c3c4c(cnc3c1)NCN4CCN2. The van der Waals surface area contributed by atoms with Crippen LogP contribution in [0, 0.1) is 0 Å². The van der Waals surface area contributed by atoms with E-state index in [1.165, 1.54) is 16.8 Å². The highest BCUT2D eigenvalue weighted by atomic mass is 15.3. The van der Waals surface area contributed by atoms with Gasteiger partial charge in [-0.05, 0) is 12.1 Å². The van der Waals surface area contributed by atoms with E-state index < -0.39 is 0 Å². The van der Waals surface area contributed by atoms with E-state index in [9.17, 15) is 0 Å². The lowest BCUT2D eigenvalue weighted by Gasteiger charge is -2.15. The van der Waals surface area contributed by atoms with E-state index in [4.69, 9.17) is 0 Å². The van der Waals surface area contributed by atoms with Gasteiger partial charge < -0.3 is 15.5 Å². The predicted octanol–water partition coefficient (Wildman–Crippen LogP) is 1.85. The van der Waals surface area contributed by atoms with Gasteiger partial charge in [-0.3, -0.25) is 4.98 Å². The van der Waals surface area contributed by atoms with Gasteiger partial charge in [0.25, 0.3) is 0 Å². The van der Waals surface area contributed by atoms with Crippen molar-refractivity contribution in [3.8, 4) is 0 Å². The molecule has 0 fully saturated rings. The van der Waals surface area contributed by atoms with Crippen LogP contribution in [0.15, 0.2) is 24.4 Å². The largest absolute Gasteiger partial charge is 0.383 e. The summed E-state index contributed by atoms with van der Waals surface area (Å²) in [5.41, 5.74) is 4.74. The molecule has 0 amide bonds. The van der Waals surface area contributed by atoms with Crippen LogP contribution in [-0.4, -0.2) is 24.7 Å². The second-order valence-corrected chi connectivity index (χ2v) is 4.25. The summed E-state index contributed by atoms with van der Waals surface area (Å²) in [4.78, 5) is 6.87. The highest BCUT2D eigenvalue weighted by Crippen LogP contribution is 2.41. The van der Waals surface area contributed by atoms with Crippen LogP contribution in [0.5, 0.6) is 0 Å². The van der Waals surface area contributed by atoms with E-state index in [0.29, 0.717) is 0 Å². The van der Waals surface area contributed by atoms with Crippen molar-refractivity contribution in [2.24, 2.45) is 0 Å². The van der Waals surface area contributed by atoms with Crippen LogP contribution < -0.4 is 15.5 Å². The van der Waals surface area contributed by atoms with E-state index in [0.717, 1.165) is 31.0 Å². The molecule has 2 aromatic rings. The maximum Gasteiger partial charge on any atom is 0.0879 e. The van der Waals surface area contributed by atoms with Gasteiger partial charge in [-0.15, -0.1) is 0 Å². The summed E-state index contributed by atoms with van der Waals surface area (Å²) in [6.45, 7) is 2.91. The lowest BCUT2D eigenvalue weighted by atomic mass is 10.1. The maximum atomic E-state index is 4.49. The molecule has 16 heavy (non-hydrogen) atoms. The topological polar surface area (TPSA) is 40.2 Å². The third-order valence-electron chi connectivity index (χ3n) is 3.34. The van der Waals surface area contributed by atoms with Crippen molar-refractivity contribution in [1.29, 1.82) is 0 Å². The molecule has 0 saturated heterocycles. The first kappa shape index (κ1) is 8.21. The second-order valence-electron chi connectivity index (χ2n) is 4.25. The van der Waals surface area contributed by atoms with Crippen molar-refractivity contribution in [3.05, 3.63) is 24.4 Å². The standard InChI is InChI=1S/C12H12N4/c1-2-8-11-9(3-1)14-6-10-12(11)16(7-15-10)5-4-13-8/h1-3,6,13,15H,4-5,7H2. The fourth-order valence-corrected chi connectivity index (χ4v) is 2.61. The van der Waals surface area contributed by atoms with Gasteiger partial charge in [0, 0.05) is 24.2 Å². The van der Waals surface area contributed by atoms with Crippen LogP contribution in [0.4, 0.5) is 17.1 Å². The average Bonchev–Trinajstić information content (AvgIpc) is 2.64. The number of benzene rings is 1. The first-order valence-corrected chi connectivity index (χ1v) is 5.58. The van der Waals surface area contributed by atoms with Crippen molar-refractivity contribution in [3.63, 3.8) is 0 Å². The molecule has 2 aliphatic heterocycles. The Labute approximate surface area is 93.3 Å². The molecule has 4 rings (SSSR count). The molecule has 80 valence electrons. The zero-order chi connectivity index (χ0) is 10.5. The van der Waals surface area contributed by atoms with Crippen molar-refractivity contribution >= 4 is 28.0 Å². The molecule has 2 N–H and O–H groups in total. The van der Waals surface area contributed by atoms with E-state index in [1.54, 1.807) is 0 Å². The normalized spacial score (nSPS) is 16.9. The summed E-state index contributed by atoms with van der Waals surface area (Å²) in [7, 11) is 0. The molecule has 4 heteroatoms. The quantitative estimate of drug-likeness (QED) is 0.699. The molecule has 0 saturated carbocycles. The van der Waals surface area contributed by atoms with Gasteiger partial charge in [0.1, 0.15) is 0 Å². The van der Waals surface area contributed by atoms with Crippen molar-refractivity contribution < 1.29 is 0 Å². The van der Waals surface area contributed by atoms with Crippen molar-refractivity contribution in [2.45, 2.75) is 0 Å². The Kier molecular flexibility index (Phi) is 1.43. The summed E-state index contributed by atoms with van der Waals surface area (Å²) >= 11 is 0. The zero-order valence-corrected chi connectivity index (χ0v) is 8.83. The number of rotatable bonds is 0. The Morgan fingerprint density at radius 3 is 3.19 bits per heavy atom. The summed E-state index contributed by atoms with van der Waals surface area (Å²) in [6, 6.07) is 6.26. The van der Waals surface area contributed by atoms with E-state index in [1.807, 2.05) is 6.20 Å². The molecule has 2 aliphatic rings. The molecule has 0 unspecified atom stereocenters. The lowest BCUT2D eigenvalue weighted by molar-refractivity contribution is 0.881. The predicted molar refractivity (Wildman–Crippen MR) is 66.1 cm³/mol. The Morgan fingerprint density at radius 1 is 1.19 bits per heavy atom. The Morgan fingerprint density at radius 2 is 2.19 bits per heavy atom. The fourth-order valence-electron chi connectivity index (χ4n) is 2.61. The van der Waals surface area contributed by atoms with Crippen LogP contribution >= 0.6 is 0 Å². The number of hydrogen-bond donors (Lipinski definition) is 2. The molecule has 1 aromatic carbocycles. The number of nitrogens with one attached hydrogen (secondary N) is 2. The first-order chi connectivity index (χ1) is 7.93. The lowest BCUT2D eigenvalue weighted by Crippen LogP contribution is -2.27. The van der Waals surface area contributed by atoms with Crippen molar-refractivity contribution in [1.82, 2.24) is 4.98 Å². The minimum atomic E-state index is 0.895. The summed E-state index contributed by atoms with van der Waals surface area (Å²) in [6.07, 6.45) is 1.94. The van der Waals surface area contributed by atoms with Crippen LogP contribution in [0.1, 0.15) is 0 Å². The van der Waals surface area contributed by atoms with E-state index >= 15 is 0 Å². The van der Waals surface area contributed by atoms with Crippen LogP contribution in [0.3, 0.4) is 0 Å². The highest BCUT2D eigenvalue weighted by molar-refractivity contribution is 6.07. The second kappa shape index (κ2) is 2.78. The van der Waals surface area contributed by atoms with Gasteiger partial charge in [0.05, 0.1) is 29.8 Å². The number of hydrogen-bond acceptors (Lipinski definition) is 4. The van der Waals surface area contributed by atoms with Gasteiger partial charge in [-0.1, -0.05) is 6.07 Å². The molecule has 0 atom stereocenters. The smallest absolute Gasteiger partial charge is 0.0879 e. The summed E-state index contributed by atoms with van der Waals surface area (Å²) < 4.78 is 0. The highest BCUT2D eigenvalue weighted by Gasteiger charge is 2.24. The molecule has 4 nitrogen and oxygen atoms in total. The molecular weight excluding hydrogens is 200 g/mol. The molecule has 1 aromatic heterocycles. The molecule has 0 radical (unpaired) electrons. The molecule has 3 heterocycles. The summed E-state index contributed by atoms with van der Waals surface area (Å²) in [5.74, 6) is 0. The first-order valence-electron chi connectivity index (χ1n) is 5.58. The number of pyridine rings is 1.